The molecule has 3 nitrogen and oxygen atoms in total. The van der Waals surface area contributed by atoms with Crippen molar-refractivity contribution >= 4 is 21.6 Å². The molecular formula is C10H11ClFNO2S. The summed E-state index contributed by atoms with van der Waals surface area (Å²) in [6, 6.07) is 3.59. The maximum Gasteiger partial charge on any atom is 0.241 e. The molecule has 1 saturated carbocycles. The van der Waals surface area contributed by atoms with E-state index in [-0.39, 0.29) is 16.8 Å². The van der Waals surface area contributed by atoms with Gasteiger partial charge in [-0.1, -0.05) is 6.07 Å². The molecule has 0 aliphatic heterocycles. The van der Waals surface area contributed by atoms with Gasteiger partial charge < -0.3 is 0 Å². The molecule has 16 heavy (non-hydrogen) atoms. The van der Waals surface area contributed by atoms with Crippen molar-refractivity contribution in [1.29, 1.82) is 0 Å². The number of hydrogen-bond donors (Lipinski definition) is 1. The summed E-state index contributed by atoms with van der Waals surface area (Å²) in [6.45, 7) is 0. The highest BCUT2D eigenvalue weighted by molar-refractivity contribution is 7.89. The molecule has 1 aromatic rings. The molecule has 0 aromatic heterocycles. The van der Waals surface area contributed by atoms with Crippen molar-refractivity contribution in [3.8, 4) is 0 Å². The van der Waals surface area contributed by atoms with Crippen molar-refractivity contribution in [3.05, 3.63) is 29.6 Å². The minimum Gasteiger partial charge on any atom is -0.208 e. The maximum atomic E-state index is 13.0. The monoisotopic (exact) mass is 263 g/mol. The Hall–Kier alpha value is -0.650. The summed E-state index contributed by atoms with van der Waals surface area (Å²) < 4.78 is 39.3. The van der Waals surface area contributed by atoms with Gasteiger partial charge in [0.05, 0.1) is 4.90 Å². The van der Waals surface area contributed by atoms with Crippen LogP contribution >= 0.6 is 11.6 Å². The van der Waals surface area contributed by atoms with E-state index in [1.165, 1.54) is 12.1 Å². The predicted molar refractivity (Wildman–Crippen MR) is 59.3 cm³/mol. The van der Waals surface area contributed by atoms with E-state index in [9.17, 15) is 12.8 Å². The SMILES string of the molecule is O=S(=O)(NC1CC1)c1cc(F)ccc1CCl. The third-order valence-corrected chi connectivity index (χ3v) is 4.25. The van der Waals surface area contributed by atoms with Crippen LogP contribution in [0.4, 0.5) is 4.39 Å². The molecule has 0 saturated heterocycles. The lowest BCUT2D eigenvalue weighted by Crippen LogP contribution is -2.26. The van der Waals surface area contributed by atoms with Crippen molar-refractivity contribution in [2.45, 2.75) is 29.7 Å². The van der Waals surface area contributed by atoms with Crippen LogP contribution < -0.4 is 4.72 Å². The summed E-state index contributed by atoms with van der Waals surface area (Å²) in [5.74, 6) is -0.536. The Balaban J connectivity index is 2.40. The average molecular weight is 264 g/mol. The van der Waals surface area contributed by atoms with Gasteiger partial charge in [-0.2, -0.15) is 0 Å². The highest BCUT2D eigenvalue weighted by Gasteiger charge is 2.29. The van der Waals surface area contributed by atoms with Crippen molar-refractivity contribution in [2.24, 2.45) is 0 Å². The molecular weight excluding hydrogens is 253 g/mol. The van der Waals surface area contributed by atoms with E-state index in [2.05, 4.69) is 4.72 Å². The summed E-state index contributed by atoms with van der Waals surface area (Å²) in [4.78, 5) is -0.0607. The molecule has 0 atom stereocenters. The van der Waals surface area contributed by atoms with E-state index >= 15 is 0 Å². The van der Waals surface area contributed by atoms with Crippen LogP contribution in [0, 0.1) is 5.82 Å². The molecule has 2 rings (SSSR count). The van der Waals surface area contributed by atoms with Gasteiger partial charge in [0.2, 0.25) is 10.0 Å². The van der Waals surface area contributed by atoms with E-state index in [0.29, 0.717) is 5.56 Å². The number of hydrogen-bond acceptors (Lipinski definition) is 2. The largest absolute Gasteiger partial charge is 0.241 e. The first-order valence-electron chi connectivity index (χ1n) is 4.89. The van der Waals surface area contributed by atoms with Crippen LogP contribution in [0.1, 0.15) is 18.4 Å². The first-order valence-corrected chi connectivity index (χ1v) is 6.91. The van der Waals surface area contributed by atoms with Crippen molar-refractivity contribution in [2.75, 3.05) is 0 Å². The maximum absolute atomic E-state index is 13.0. The first kappa shape index (κ1) is 11.8. The Morgan fingerprint density at radius 3 is 2.69 bits per heavy atom. The highest BCUT2D eigenvalue weighted by Crippen LogP contribution is 2.24. The lowest BCUT2D eigenvalue weighted by Gasteiger charge is -2.09. The summed E-state index contributed by atoms with van der Waals surface area (Å²) >= 11 is 5.63. The Morgan fingerprint density at radius 2 is 2.12 bits per heavy atom. The minimum atomic E-state index is -3.64. The van der Waals surface area contributed by atoms with Crippen LogP contribution in [0.5, 0.6) is 0 Å². The molecule has 0 unspecified atom stereocenters. The number of halogens is 2. The fourth-order valence-corrected chi connectivity index (χ4v) is 3.24. The fourth-order valence-electron chi connectivity index (χ4n) is 1.37. The number of nitrogens with one attached hydrogen (secondary N) is 1. The van der Waals surface area contributed by atoms with Gasteiger partial charge in [-0.3, -0.25) is 0 Å². The Labute approximate surface area is 98.7 Å². The van der Waals surface area contributed by atoms with Crippen molar-refractivity contribution < 1.29 is 12.8 Å². The Bertz CT molecular complexity index is 500. The molecule has 1 aromatic carbocycles. The Kier molecular flexibility index (Phi) is 3.19. The van der Waals surface area contributed by atoms with Crippen LogP contribution in [-0.2, 0) is 15.9 Å². The number of rotatable bonds is 4. The summed E-state index contributed by atoms with van der Waals surface area (Å²) in [7, 11) is -3.64. The Morgan fingerprint density at radius 1 is 1.44 bits per heavy atom. The van der Waals surface area contributed by atoms with Gasteiger partial charge in [0.25, 0.3) is 0 Å². The van der Waals surface area contributed by atoms with Crippen LogP contribution in [-0.4, -0.2) is 14.5 Å². The lowest BCUT2D eigenvalue weighted by atomic mass is 10.2. The first-order chi connectivity index (χ1) is 7.53. The van der Waals surface area contributed by atoms with E-state index in [1.54, 1.807) is 0 Å². The molecule has 0 spiro atoms. The van der Waals surface area contributed by atoms with Crippen LogP contribution in [0.15, 0.2) is 23.1 Å². The van der Waals surface area contributed by atoms with Gasteiger partial charge in [-0.15, -0.1) is 11.6 Å². The number of benzene rings is 1. The zero-order chi connectivity index (χ0) is 11.8. The molecule has 0 radical (unpaired) electrons. The van der Waals surface area contributed by atoms with Gasteiger partial charge in [0.15, 0.2) is 0 Å². The summed E-state index contributed by atoms with van der Waals surface area (Å²) in [6.07, 6.45) is 1.68. The summed E-state index contributed by atoms with van der Waals surface area (Å²) in [5, 5.41) is 0. The molecule has 1 fully saturated rings. The average Bonchev–Trinajstić information content (AvgIpc) is 3.01. The number of sulfonamides is 1. The standard InChI is InChI=1S/C10H11ClFNO2S/c11-6-7-1-2-8(12)5-10(7)16(14,15)13-9-3-4-9/h1-2,5,9,13H,3-4,6H2. The van der Waals surface area contributed by atoms with Gasteiger partial charge in [0, 0.05) is 11.9 Å². The third-order valence-electron chi connectivity index (χ3n) is 2.36. The number of alkyl halides is 1. The van der Waals surface area contributed by atoms with Gasteiger partial charge >= 0.3 is 0 Å². The molecule has 0 amide bonds. The lowest BCUT2D eigenvalue weighted by molar-refractivity contribution is 0.576. The second kappa shape index (κ2) is 4.31. The van der Waals surface area contributed by atoms with Crippen LogP contribution in [0.25, 0.3) is 0 Å². The van der Waals surface area contributed by atoms with Gasteiger partial charge in [0.1, 0.15) is 5.82 Å². The quantitative estimate of drug-likeness (QED) is 0.845. The molecule has 1 aliphatic rings. The molecule has 0 bridgehead atoms. The van der Waals surface area contributed by atoms with Gasteiger partial charge in [-0.05, 0) is 30.5 Å². The van der Waals surface area contributed by atoms with Crippen molar-refractivity contribution in [1.82, 2.24) is 4.72 Å². The van der Waals surface area contributed by atoms with E-state index in [0.717, 1.165) is 18.9 Å². The second-order valence-corrected chi connectivity index (χ2v) is 5.73. The second-order valence-electron chi connectivity index (χ2n) is 3.78. The molecule has 1 N–H and O–H groups in total. The smallest absolute Gasteiger partial charge is 0.208 e. The van der Waals surface area contributed by atoms with Crippen LogP contribution in [0.2, 0.25) is 0 Å². The van der Waals surface area contributed by atoms with Crippen molar-refractivity contribution in [3.63, 3.8) is 0 Å². The fraction of sp³-hybridized carbons (Fsp3) is 0.400. The highest BCUT2D eigenvalue weighted by atomic mass is 35.5. The van der Waals surface area contributed by atoms with E-state index in [1.807, 2.05) is 0 Å². The zero-order valence-corrected chi connectivity index (χ0v) is 9.98. The van der Waals surface area contributed by atoms with Gasteiger partial charge in [-0.25, -0.2) is 17.5 Å². The summed E-state index contributed by atoms with van der Waals surface area (Å²) in [5.41, 5.74) is 0.413. The normalized spacial score (nSPS) is 16.4. The van der Waals surface area contributed by atoms with Crippen LogP contribution in [0.3, 0.4) is 0 Å². The molecule has 1 aliphatic carbocycles. The molecule has 0 heterocycles. The molecule has 6 heteroatoms. The van der Waals surface area contributed by atoms with E-state index < -0.39 is 15.8 Å². The van der Waals surface area contributed by atoms with E-state index in [4.69, 9.17) is 11.6 Å². The third kappa shape index (κ3) is 2.53. The predicted octanol–water partition coefficient (Wildman–Crippen LogP) is 2.01. The zero-order valence-electron chi connectivity index (χ0n) is 8.41. The molecule has 88 valence electrons. The minimum absolute atomic E-state index is 0.00329. The topological polar surface area (TPSA) is 46.2 Å².